The number of carbonyl (C=O) groups is 2. The maximum atomic E-state index is 13.6. The summed E-state index contributed by atoms with van der Waals surface area (Å²) < 4.78 is 46.7. The van der Waals surface area contributed by atoms with E-state index < -0.39 is 17.5 Å². The number of amides is 1. The van der Waals surface area contributed by atoms with E-state index in [0.29, 0.717) is 56.4 Å². The lowest BCUT2D eigenvalue weighted by Crippen LogP contribution is -2.57. The van der Waals surface area contributed by atoms with Crippen molar-refractivity contribution >= 4 is 45.8 Å². The molecule has 1 aromatic heterocycles. The van der Waals surface area contributed by atoms with Gasteiger partial charge in [0.25, 0.3) is 5.91 Å². The molecule has 196 valence electrons. The predicted molar refractivity (Wildman–Crippen MR) is 135 cm³/mol. The van der Waals surface area contributed by atoms with E-state index in [1.807, 2.05) is 0 Å². The van der Waals surface area contributed by atoms with Crippen LogP contribution in [0.5, 0.6) is 0 Å². The standard InChI is InChI=1S/C26H24Cl2F3N3O3/c1-14-9-15(26(29,30)31)10-20-18(14)11-21(32(20)2)24(35)22-19(27)4-3-17(23(22)28)25(36)34-7-5-33(6-8-34)16-12-37-13-16/h3-4,9-11,16H,5-8,12-13H2,1-2H3. The van der Waals surface area contributed by atoms with Gasteiger partial charge in [0.2, 0.25) is 5.78 Å². The number of benzene rings is 2. The van der Waals surface area contributed by atoms with Crippen molar-refractivity contribution in [1.82, 2.24) is 14.4 Å². The molecule has 11 heteroatoms. The van der Waals surface area contributed by atoms with Gasteiger partial charge in [-0.2, -0.15) is 13.2 Å². The SMILES string of the molecule is Cc1cc(C(F)(F)F)cc2c1cc(C(=O)c1c(Cl)ccc(C(=O)N3CCN(C4COC4)CC3)c1Cl)n2C. The minimum Gasteiger partial charge on any atom is -0.378 e. The fraction of sp³-hybridized carbons (Fsp3) is 0.385. The van der Waals surface area contributed by atoms with Gasteiger partial charge in [0.15, 0.2) is 0 Å². The van der Waals surface area contributed by atoms with E-state index >= 15 is 0 Å². The Kier molecular flexibility index (Phi) is 6.77. The van der Waals surface area contributed by atoms with Crippen LogP contribution in [-0.4, -0.2) is 71.5 Å². The second-order valence-electron chi connectivity index (χ2n) is 9.44. The molecule has 3 heterocycles. The van der Waals surface area contributed by atoms with Crippen molar-refractivity contribution in [3.63, 3.8) is 0 Å². The van der Waals surface area contributed by atoms with Crippen molar-refractivity contribution in [2.75, 3.05) is 39.4 Å². The summed E-state index contributed by atoms with van der Waals surface area (Å²) in [7, 11) is 1.51. The molecule has 2 aliphatic heterocycles. The van der Waals surface area contributed by atoms with Crippen LogP contribution in [0.25, 0.3) is 10.9 Å². The fourth-order valence-corrected chi connectivity index (χ4v) is 5.56. The zero-order chi connectivity index (χ0) is 26.6. The number of carbonyl (C=O) groups excluding carboxylic acids is 2. The number of nitrogens with zero attached hydrogens (tertiary/aromatic N) is 3. The molecule has 0 atom stereocenters. The number of aryl methyl sites for hydroxylation is 2. The summed E-state index contributed by atoms with van der Waals surface area (Å²) in [5.41, 5.74) is 0.0507. The molecule has 0 unspecified atom stereocenters. The minimum absolute atomic E-state index is 0.0549. The third-order valence-electron chi connectivity index (χ3n) is 7.22. The van der Waals surface area contributed by atoms with E-state index in [4.69, 9.17) is 27.9 Å². The Bertz CT molecular complexity index is 1410. The monoisotopic (exact) mass is 553 g/mol. The number of ketones is 1. The van der Waals surface area contributed by atoms with Crippen molar-refractivity contribution in [3.8, 4) is 0 Å². The van der Waals surface area contributed by atoms with Gasteiger partial charge in [-0.25, -0.2) is 0 Å². The van der Waals surface area contributed by atoms with Gasteiger partial charge in [-0.05, 0) is 42.8 Å². The first-order valence-electron chi connectivity index (χ1n) is 11.8. The van der Waals surface area contributed by atoms with E-state index in [1.54, 1.807) is 11.8 Å². The molecule has 0 saturated carbocycles. The highest BCUT2D eigenvalue weighted by atomic mass is 35.5. The van der Waals surface area contributed by atoms with Crippen LogP contribution in [0.2, 0.25) is 10.0 Å². The number of fused-ring (bicyclic) bond motifs is 1. The molecule has 2 fully saturated rings. The molecule has 0 spiro atoms. The lowest BCUT2D eigenvalue weighted by molar-refractivity contribution is -0.137. The number of hydrogen-bond acceptors (Lipinski definition) is 4. The average molecular weight is 554 g/mol. The number of piperazine rings is 1. The van der Waals surface area contributed by atoms with Crippen LogP contribution in [0.4, 0.5) is 13.2 Å². The molecule has 0 bridgehead atoms. The molecule has 2 aliphatic rings. The van der Waals surface area contributed by atoms with Crippen LogP contribution in [0.1, 0.15) is 37.5 Å². The summed E-state index contributed by atoms with van der Waals surface area (Å²) in [5, 5.41) is 0.489. The van der Waals surface area contributed by atoms with Crippen LogP contribution in [0.3, 0.4) is 0 Å². The Morgan fingerprint density at radius 3 is 2.30 bits per heavy atom. The van der Waals surface area contributed by atoms with Crippen molar-refractivity contribution in [2.45, 2.75) is 19.1 Å². The Balaban J connectivity index is 1.46. The van der Waals surface area contributed by atoms with Crippen LogP contribution >= 0.6 is 23.2 Å². The van der Waals surface area contributed by atoms with Crippen molar-refractivity contribution in [2.24, 2.45) is 7.05 Å². The molecule has 0 N–H and O–H groups in total. The number of rotatable bonds is 4. The first-order chi connectivity index (χ1) is 17.5. The van der Waals surface area contributed by atoms with Gasteiger partial charge in [0.1, 0.15) is 0 Å². The first-order valence-corrected chi connectivity index (χ1v) is 12.5. The molecule has 0 radical (unpaired) electrons. The van der Waals surface area contributed by atoms with Gasteiger partial charge in [0, 0.05) is 44.1 Å². The predicted octanol–water partition coefficient (Wildman–Crippen LogP) is 5.20. The average Bonchev–Trinajstić information content (AvgIpc) is 3.14. The minimum atomic E-state index is -4.52. The second-order valence-corrected chi connectivity index (χ2v) is 10.2. The Morgan fingerprint density at radius 2 is 1.70 bits per heavy atom. The largest absolute Gasteiger partial charge is 0.416 e. The molecule has 5 rings (SSSR count). The van der Waals surface area contributed by atoms with E-state index in [1.165, 1.54) is 29.8 Å². The molecule has 3 aromatic rings. The number of halogens is 5. The number of ether oxygens (including phenoxy) is 1. The molecule has 1 amide bonds. The Morgan fingerprint density at radius 1 is 1.03 bits per heavy atom. The smallest absolute Gasteiger partial charge is 0.378 e. The van der Waals surface area contributed by atoms with Gasteiger partial charge in [-0.15, -0.1) is 0 Å². The Hall–Kier alpha value is -2.59. The molecule has 2 aromatic carbocycles. The highest BCUT2D eigenvalue weighted by molar-refractivity contribution is 6.42. The fourth-order valence-electron chi connectivity index (χ4n) is 4.94. The number of alkyl halides is 3. The Labute approximate surface area is 221 Å². The third kappa shape index (κ3) is 4.63. The third-order valence-corrected chi connectivity index (χ3v) is 7.92. The summed E-state index contributed by atoms with van der Waals surface area (Å²) in [6.45, 7) is 5.42. The van der Waals surface area contributed by atoms with Crippen LogP contribution < -0.4 is 0 Å². The van der Waals surface area contributed by atoms with Gasteiger partial charge >= 0.3 is 6.18 Å². The summed E-state index contributed by atoms with van der Waals surface area (Å²) in [4.78, 5) is 30.9. The molecular weight excluding hydrogens is 530 g/mol. The topological polar surface area (TPSA) is 54.8 Å². The van der Waals surface area contributed by atoms with Gasteiger partial charge < -0.3 is 14.2 Å². The normalized spacial score (nSPS) is 17.3. The molecular formula is C26H24Cl2F3N3O3. The number of hydrogen-bond donors (Lipinski definition) is 0. The van der Waals surface area contributed by atoms with E-state index in [0.717, 1.165) is 12.1 Å². The van der Waals surface area contributed by atoms with Crippen molar-refractivity contribution in [1.29, 1.82) is 0 Å². The summed E-state index contributed by atoms with van der Waals surface area (Å²) in [6.07, 6.45) is -4.52. The second kappa shape index (κ2) is 9.62. The van der Waals surface area contributed by atoms with E-state index in [2.05, 4.69) is 4.90 Å². The summed E-state index contributed by atoms with van der Waals surface area (Å²) in [6, 6.07) is 6.92. The first kappa shape index (κ1) is 26.0. The van der Waals surface area contributed by atoms with E-state index in [-0.39, 0.29) is 38.3 Å². The highest BCUT2D eigenvalue weighted by Gasteiger charge is 2.34. The van der Waals surface area contributed by atoms with Gasteiger partial charge in [-0.1, -0.05) is 23.2 Å². The van der Waals surface area contributed by atoms with Crippen LogP contribution in [0.15, 0.2) is 30.3 Å². The molecule has 0 aliphatic carbocycles. The quantitative estimate of drug-likeness (QED) is 0.417. The lowest BCUT2D eigenvalue weighted by atomic mass is 10.0. The molecule has 2 saturated heterocycles. The van der Waals surface area contributed by atoms with Crippen molar-refractivity contribution < 1.29 is 27.5 Å². The maximum Gasteiger partial charge on any atom is 0.416 e. The van der Waals surface area contributed by atoms with Crippen molar-refractivity contribution in [3.05, 3.63) is 68.3 Å². The molecule has 37 heavy (non-hydrogen) atoms. The zero-order valence-electron chi connectivity index (χ0n) is 20.2. The summed E-state index contributed by atoms with van der Waals surface area (Å²) >= 11 is 13.0. The molecule has 6 nitrogen and oxygen atoms in total. The highest BCUT2D eigenvalue weighted by Crippen LogP contribution is 2.36. The zero-order valence-corrected chi connectivity index (χ0v) is 21.7. The van der Waals surface area contributed by atoms with Crippen LogP contribution in [0, 0.1) is 6.92 Å². The van der Waals surface area contributed by atoms with Gasteiger partial charge in [-0.3, -0.25) is 14.5 Å². The summed E-state index contributed by atoms with van der Waals surface area (Å²) in [5.74, 6) is -0.881. The van der Waals surface area contributed by atoms with Crippen LogP contribution in [-0.2, 0) is 18.0 Å². The van der Waals surface area contributed by atoms with E-state index in [9.17, 15) is 22.8 Å². The number of aromatic nitrogens is 1. The van der Waals surface area contributed by atoms with Gasteiger partial charge in [0.05, 0.1) is 51.7 Å². The maximum absolute atomic E-state index is 13.6. The lowest BCUT2D eigenvalue weighted by Gasteiger charge is -2.42.